The minimum atomic E-state index is -0.715. The number of benzene rings is 1. The van der Waals surface area contributed by atoms with E-state index < -0.39 is 11.4 Å². The molecule has 1 saturated heterocycles. The molecule has 122 valence electrons. The summed E-state index contributed by atoms with van der Waals surface area (Å²) in [4.78, 5) is 13.5. The van der Waals surface area contributed by atoms with Crippen molar-refractivity contribution in [2.24, 2.45) is 5.41 Å². The van der Waals surface area contributed by atoms with E-state index in [2.05, 4.69) is 4.90 Å². The second-order valence-corrected chi connectivity index (χ2v) is 6.48. The summed E-state index contributed by atoms with van der Waals surface area (Å²) >= 11 is 0. The largest absolute Gasteiger partial charge is 0.493 e. The summed E-state index contributed by atoms with van der Waals surface area (Å²) in [5.41, 5.74) is 0.465. The SMILES string of the molecule is COc1cc(CN2CCC(C)(C(=O)O)C2)ccc1OC(C)C. The van der Waals surface area contributed by atoms with Gasteiger partial charge in [-0.3, -0.25) is 9.69 Å². The summed E-state index contributed by atoms with van der Waals surface area (Å²) in [5, 5.41) is 9.30. The van der Waals surface area contributed by atoms with Gasteiger partial charge in [0.05, 0.1) is 18.6 Å². The van der Waals surface area contributed by atoms with Gasteiger partial charge in [0.2, 0.25) is 0 Å². The van der Waals surface area contributed by atoms with Gasteiger partial charge in [0.1, 0.15) is 0 Å². The Kier molecular flexibility index (Phi) is 4.96. The molecule has 1 N–H and O–H groups in total. The molecule has 0 aliphatic carbocycles. The zero-order valence-corrected chi connectivity index (χ0v) is 13.8. The van der Waals surface area contributed by atoms with Crippen molar-refractivity contribution in [3.63, 3.8) is 0 Å². The van der Waals surface area contributed by atoms with Gasteiger partial charge < -0.3 is 14.6 Å². The molecule has 1 aromatic rings. The molecule has 0 amide bonds. The zero-order chi connectivity index (χ0) is 16.3. The van der Waals surface area contributed by atoms with Crippen LogP contribution in [-0.2, 0) is 11.3 Å². The molecule has 1 aliphatic rings. The van der Waals surface area contributed by atoms with E-state index in [1.807, 2.05) is 39.0 Å². The molecule has 1 aromatic carbocycles. The van der Waals surface area contributed by atoms with Crippen LogP contribution in [0.15, 0.2) is 18.2 Å². The van der Waals surface area contributed by atoms with E-state index in [1.54, 1.807) is 7.11 Å². The number of methoxy groups -OCH3 is 1. The highest BCUT2D eigenvalue weighted by Gasteiger charge is 2.40. The first-order valence-corrected chi connectivity index (χ1v) is 7.63. The van der Waals surface area contributed by atoms with Crippen LogP contribution in [0.25, 0.3) is 0 Å². The number of nitrogens with zero attached hydrogens (tertiary/aromatic N) is 1. The number of hydrogen-bond donors (Lipinski definition) is 1. The van der Waals surface area contributed by atoms with Crippen LogP contribution in [0, 0.1) is 5.41 Å². The van der Waals surface area contributed by atoms with Crippen LogP contribution in [0.4, 0.5) is 0 Å². The van der Waals surface area contributed by atoms with Crippen molar-refractivity contribution in [1.29, 1.82) is 0 Å². The zero-order valence-electron chi connectivity index (χ0n) is 13.8. The number of rotatable bonds is 6. The third-order valence-corrected chi connectivity index (χ3v) is 4.07. The number of carboxylic acids is 1. The smallest absolute Gasteiger partial charge is 0.310 e. The number of carbonyl (C=O) groups is 1. The lowest BCUT2D eigenvalue weighted by Gasteiger charge is -2.21. The van der Waals surface area contributed by atoms with Crippen molar-refractivity contribution in [1.82, 2.24) is 4.90 Å². The van der Waals surface area contributed by atoms with Crippen LogP contribution in [0.5, 0.6) is 11.5 Å². The van der Waals surface area contributed by atoms with Crippen LogP contribution in [0.2, 0.25) is 0 Å². The lowest BCUT2D eigenvalue weighted by atomic mass is 9.90. The molecule has 5 nitrogen and oxygen atoms in total. The van der Waals surface area contributed by atoms with Gasteiger partial charge in [-0.2, -0.15) is 0 Å². The van der Waals surface area contributed by atoms with Gasteiger partial charge in [-0.05, 0) is 51.4 Å². The fourth-order valence-electron chi connectivity index (χ4n) is 2.79. The van der Waals surface area contributed by atoms with E-state index in [1.165, 1.54) is 0 Å². The highest BCUT2D eigenvalue weighted by atomic mass is 16.5. The fraction of sp³-hybridized carbons (Fsp3) is 0.588. The standard InChI is InChI=1S/C17H25NO4/c1-12(2)22-14-6-5-13(9-15(14)21-4)10-18-8-7-17(3,11-18)16(19)20/h5-6,9,12H,7-8,10-11H2,1-4H3,(H,19,20). The maximum atomic E-state index is 11.3. The van der Waals surface area contributed by atoms with Crippen molar-refractivity contribution in [3.8, 4) is 11.5 Å². The van der Waals surface area contributed by atoms with E-state index >= 15 is 0 Å². The molecule has 0 radical (unpaired) electrons. The second kappa shape index (κ2) is 6.57. The van der Waals surface area contributed by atoms with Crippen LogP contribution >= 0.6 is 0 Å². The molecule has 0 saturated carbocycles. The number of aliphatic carboxylic acids is 1. The van der Waals surface area contributed by atoms with E-state index in [4.69, 9.17) is 9.47 Å². The lowest BCUT2D eigenvalue weighted by Crippen LogP contribution is -2.31. The quantitative estimate of drug-likeness (QED) is 0.875. The Bertz CT molecular complexity index is 543. The number of likely N-dealkylation sites (tertiary alicyclic amines) is 1. The second-order valence-electron chi connectivity index (χ2n) is 6.48. The summed E-state index contributed by atoms with van der Waals surface area (Å²) < 4.78 is 11.1. The van der Waals surface area contributed by atoms with E-state index in [0.29, 0.717) is 18.7 Å². The van der Waals surface area contributed by atoms with Gasteiger partial charge in [-0.25, -0.2) is 0 Å². The first kappa shape index (κ1) is 16.6. The Labute approximate surface area is 131 Å². The average molecular weight is 307 g/mol. The summed E-state index contributed by atoms with van der Waals surface area (Å²) in [7, 11) is 1.63. The van der Waals surface area contributed by atoms with E-state index in [0.717, 1.165) is 24.4 Å². The van der Waals surface area contributed by atoms with Crippen molar-refractivity contribution in [2.45, 2.75) is 39.8 Å². The van der Waals surface area contributed by atoms with Crippen molar-refractivity contribution < 1.29 is 19.4 Å². The van der Waals surface area contributed by atoms with Gasteiger partial charge in [-0.1, -0.05) is 6.07 Å². The Hall–Kier alpha value is -1.75. The van der Waals surface area contributed by atoms with E-state index in [-0.39, 0.29) is 6.10 Å². The highest BCUT2D eigenvalue weighted by Crippen LogP contribution is 2.33. The minimum absolute atomic E-state index is 0.0922. The molecule has 2 rings (SSSR count). The monoisotopic (exact) mass is 307 g/mol. The molecule has 1 heterocycles. The Balaban J connectivity index is 2.06. The van der Waals surface area contributed by atoms with Gasteiger partial charge in [-0.15, -0.1) is 0 Å². The number of hydrogen-bond acceptors (Lipinski definition) is 4. The minimum Gasteiger partial charge on any atom is -0.493 e. The normalized spacial score (nSPS) is 22.0. The summed E-state index contributed by atoms with van der Waals surface area (Å²) in [6.45, 7) is 7.87. The predicted molar refractivity (Wildman–Crippen MR) is 84.4 cm³/mol. The molecular weight excluding hydrogens is 282 g/mol. The summed E-state index contributed by atoms with van der Waals surface area (Å²) in [6, 6.07) is 5.89. The molecule has 1 fully saturated rings. The van der Waals surface area contributed by atoms with Crippen LogP contribution in [0.1, 0.15) is 32.8 Å². The molecule has 22 heavy (non-hydrogen) atoms. The Morgan fingerprint density at radius 3 is 2.68 bits per heavy atom. The molecule has 1 aliphatic heterocycles. The van der Waals surface area contributed by atoms with Crippen molar-refractivity contribution >= 4 is 5.97 Å². The maximum Gasteiger partial charge on any atom is 0.310 e. The van der Waals surface area contributed by atoms with Gasteiger partial charge in [0.15, 0.2) is 11.5 Å². The lowest BCUT2D eigenvalue weighted by molar-refractivity contribution is -0.147. The highest BCUT2D eigenvalue weighted by molar-refractivity contribution is 5.74. The topological polar surface area (TPSA) is 59.0 Å². The number of ether oxygens (including phenoxy) is 2. The molecular formula is C17H25NO4. The first-order chi connectivity index (χ1) is 10.3. The first-order valence-electron chi connectivity index (χ1n) is 7.63. The molecule has 0 bridgehead atoms. The Morgan fingerprint density at radius 2 is 2.14 bits per heavy atom. The van der Waals surface area contributed by atoms with Gasteiger partial charge in [0.25, 0.3) is 0 Å². The number of carboxylic acid groups (broad SMARTS) is 1. The van der Waals surface area contributed by atoms with Gasteiger partial charge >= 0.3 is 5.97 Å². The van der Waals surface area contributed by atoms with E-state index in [9.17, 15) is 9.90 Å². The molecule has 0 aromatic heterocycles. The Morgan fingerprint density at radius 1 is 1.41 bits per heavy atom. The molecule has 5 heteroatoms. The third kappa shape index (κ3) is 3.71. The average Bonchev–Trinajstić information content (AvgIpc) is 2.83. The van der Waals surface area contributed by atoms with Gasteiger partial charge in [0, 0.05) is 13.1 Å². The predicted octanol–water partition coefficient (Wildman–Crippen LogP) is 2.78. The van der Waals surface area contributed by atoms with Crippen LogP contribution < -0.4 is 9.47 Å². The fourth-order valence-corrected chi connectivity index (χ4v) is 2.79. The maximum absolute atomic E-state index is 11.3. The molecule has 1 atom stereocenters. The van der Waals surface area contributed by atoms with Crippen molar-refractivity contribution in [3.05, 3.63) is 23.8 Å². The molecule has 0 spiro atoms. The van der Waals surface area contributed by atoms with Crippen LogP contribution in [-0.4, -0.2) is 42.3 Å². The molecule has 1 unspecified atom stereocenters. The third-order valence-electron chi connectivity index (χ3n) is 4.07. The summed E-state index contributed by atoms with van der Waals surface area (Å²) in [6.07, 6.45) is 0.781. The summed E-state index contributed by atoms with van der Waals surface area (Å²) in [5.74, 6) is 0.734. The van der Waals surface area contributed by atoms with Crippen molar-refractivity contribution in [2.75, 3.05) is 20.2 Å². The van der Waals surface area contributed by atoms with Crippen LogP contribution in [0.3, 0.4) is 0 Å².